The molecule has 2 N–H and O–H groups in total. The predicted molar refractivity (Wildman–Crippen MR) is 204 cm³/mol. The number of ether oxygens (including phenoxy) is 5. The maximum absolute atomic E-state index is 13.4. The lowest BCUT2D eigenvalue weighted by Crippen LogP contribution is -2.69. The number of fused-ring (bicyclic) bond motifs is 2. The van der Waals surface area contributed by atoms with Gasteiger partial charge >= 0.3 is 6.09 Å². The van der Waals surface area contributed by atoms with E-state index in [0.717, 1.165) is 43.1 Å². The van der Waals surface area contributed by atoms with Crippen LogP contribution in [-0.4, -0.2) is 91.7 Å². The summed E-state index contributed by atoms with van der Waals surface area (Å²) in [7, 11) is 4.54. The molecular weight excluding hydrogens is 692 g/mol. The van der Waals surface area contributed by atoms with E-state index in [1.165, 1.54) is 19.1 Å². The minimum Gasteiger partial charge on any atom is -0.496 e. The van der Waals surface area contributed by atoms with E-state index in [2.05, 4.69) is 12.7 Å². The van der Waals surface area contributed by atoms with Crippen molar-refractivity contribution in [1.82, 2.24) is 4.90 Å². The fourth-order valence-corrected chi connectivity index (χ4v) is 8.26. The van der Waals surface area contributed by atoms with E-state index in [1.807, 2.05) is 39.0 Å². The number of aliphatic hydroxyl groups excluding tert-OH is 2. The van der Waals surface area contributed by atoms with E-state index in [4.69, 9.17) is 33.7 Å². The predicted octanol–water partition coefficient (Wildman–Crippen LogP) is 7.43. The topological polar surface area (TPSA) is 146 Å². The zero-order valence-corrected chi connectivity index (χ0v) is 32.4. The second-order valence-electron chi connectivity index (χ2n) is 15.2. The van der Waals surface area contributed by atoms with Gasteiger partial charge in [0.25, 0.3) is 0 Å². The molecule has 2 aromatic rings. The largest absolute Gasteiger partial charge is 0.496 e. The zero-order valence-electron chi connectivity index (χ0n) is 32.4. The number of unbranched alkanes of at least 4 members (excludes halogenated alkanes) is 2. The van der Waals surface area contributed by atoms with Crippen LogP contribution in [0.4, 0.5) is 4.79 Å². The lowest BCUT2D eigenvalue weighted by molar-refractivity contribution is -0.253. The number of rotatable bonds is 17. The summed E-state index contributed by atoms with van der Waals surface area (Å²) in [5.74, 6) is 0.0912. The van der Waals surface area contributed by atoms with Crippen LogP contribution < -0.4 is 14.2 Å². The Morgan fingerprint density at radius 1 is 1.06 bits per heavy atom. The molecule has 6 atom stereocenters. The second-order valence-corrected chi connectivity index (χ2v) is 15.2. The highest BCUT2D eigenvalue weighted by Gasteiger charge is 2.65. The highest BCUT2D eigenvalue weighted by atomic mass is 16.7. The lowest BCUT2D eigenvalue weighted by Gasteiger charge is -2.59. The van der Waals surface area contributed by atoms with Gasteiger partial charge in [-0.05, 0) is 100 Å². The maximum atomic E-state index is 13.4. The van der Waals surface area contributed by atoms with Gasteiger partial charge in [-0.3, -0.25) is 4.79 Å². The van der Waals surface area contributed by atoms with Gasteiger partial charge in [-0.25, -0.2) is 4.79 Å². The molecule has 1 saturated carbocycles. The van der Waals surface area contributed by atoms with Crippen LogP contribution in [0.1, 0.15) is 87.6 Å². The number of hydrogen-bond acceptors (Lipinski definition) is 11. The first kappa shape index (κ1) is 40.8. The molecule has 1 heterocycles. The highest BCUT2D eigenvalue weighted by molar-refractivity contribution is 6.03. The van der Waals surface area contributed by atoms with E-state index in [1.54, 1.807) is 31.3 Å². The number of allylic oxidation sites excluding steroid dienone is 1. The van der Waals surface area contributed by atoms with Crippen LogP contribution >= 0.6 is 0 Å². The van der Waals surface area contributed by atoms with Crippen molar-refractivity contribution in [1.29, 1.82) is 0 Å². The van der Waals surface area contributed by atoms with Gasteiger partial charge in [0.2, 0.25) is 5.79 Å². The molecule has 2 aromatic carbocycles. The first-order valence-corrected chi connectivity index (χ1v) is 18.8. The normalized spacial score (nSPS) is 25.0. The summed E-state index contributed by atoms with van der Waals surface area (Å²) in [6.07, 6.45) is 8.95. The van der Waals surface area contributed by atoms with Crippen LogP contribution in [-0.2, 0) is 14.3 Å². The highest BCUT2D eigenvalue weighted by Crippen LogP contribution is 2.62. The Morgan fingerprint density at radius 3 is 2.41 bits per heavy atom. The number of benzene rings is 2. The fraction of sp³-hybridized carbons (Fsp3) is 0.548. The van der Waals surface area contributed by atoms with E-state index < -0.39 is 29.4 Å². The third-order valence-electron chi connectivity index (χ3n) is 10.6. The molecule has 5 rings (SSSR count). The average Bonchev–Trinajstić information content (AvgIpc) is 3.16. The van der Waals surface area contributed by atoms with Crippen LogP contribution in [0.5, 0.6) is 23.0 Å². The summed E-state index contributed by atoms with van der Waals surface area (Å²) in [5.41, 5.74) is 2.31. The molecule has 0 unspecified atom stereocenters. The van der Waals surface area contributed by atoms with Crippen molar-refractivity contribution >= 4 is 18.1 Å². The van der Waals surface area contributed by atoms with Gasteiger partial charge in [0, 0.05) is 38.2 Å². The van der Waals surface area contributed by atoms with Crippen molar-refractivity contribution in [3.8, 4) is 23.0 Å². The minimum absolute atomic E-state index is 0.0446. The summed E-state index contributed by atoms with van der Waals surface area (Å²) < 4.78 is 30.9. The van der Waals surface area contributed by atoms with Crippen molar-refractivity contribution in [3.63, 3.8) is 0 Å². The van der Waals surface area contributed by atoms with Crippen LogP contribution in [0, 0.1) is 17.8 Å². The number of hydrogen-bond donors (Lipinski definition) is 2. The Hall–Kier alpha value is -4.39. The van der Waals surface area contributed by atoms with Gasteiger partial charge in [-0.1, -0.05) is 30.1 Å². The number of carbonyl (C=O) groups is 2. The van der Waals surface area contributed by atoms with Gasteiger partial charge in [-0.2, -0.15) is 0 Å². The first-order valence-electron chi connectivity index (χ1n) is 18.8. The van der Waals surface area contributed by atoms with Gasteiger partial charge in [0.05, 0.1) is 38.0 Å². The number of nitrogens with zero attached hydrogens (tertiary/aromatic N) is 2. The molecule has 0 radical (unpaired) electrons. The molecule has 1 fully saturated rings. The number of methoxy groups -OCH3 is 2. The molecule has 12 heteroatoms. The Morgan fingerprint density at radius 2 is 1.76 bits per heavy atom. The minimum atomic E-state index is -1.39. The molecule has 12 nitrogen and oxygen atoms in total. The van der Waals surface area contributed by atoms with Gasteiger partial charge in [0.15, 0.2) is 6.29 Å². The number of aldehydes is 1. The fourth-order valence-electron chi connectivity index (χ4n) is 8.26. The van der Waals surface area contributed by atoms with Crippen LogP contribution in [0.3, 0.4) is 0 Å². The van der Waals surface area contributed by atoms with Crippen molar-refractivity contribution in [2.75, 3.05) is 41.1 Å². The van der Waals surface area contributed by atoms with Crippen molar-refractivity contribution < 1.29 is 48.3 Å². The number of aliphatic hydroxyl groups is 2. The second kappa shape index (κ2) is 17.8. The van der Waals surface area contributed by atoms with E-state index in [0.29, 0.717) is 47.1 Å². The third kappa shape index (κ3) is 8.61. The average molecular weight is 749 g/mol. The molecular formula is C42H56N2O10. The molecule has 0 spiro atoms. The van der Waals surface area contributed by atoms with Crippen LogP contribution in [0.15, 0.2) is 65.9 Å². The van der Waals surface area contributed by atoms with Gasteiger partial charge in [-0.15, -0.1) is 6.58 Å². The van der Waals surface area contributed by atoms with E-state index in [9.17, 15) is 19.8 Å². The Kier molecular flexibility index (Phi) is 13.5. The molecule has 0 saturated heterocycles. The Balaban J connectivity index is 1.76. The summed E-state index contributed by atoms with van der Waals surface area (Å²) in [4.78, 5) is 32.8. The van der Waals surface area contributed by atoms with Crippen LogP contribution in [0.25, 0.3) is 0 Å². The molecule has 1 aliphatic heterocycles. The van der Waals surface area contributed by atoms with Crippen LogP contribution in [0.2, 0.25) is 0 Å². The lowest BCUT2D eigenvalue weighted by atomic mass is 9.55. The number of likely N-dealkylation sites (N-methyl/N-ethyl adjacent to an activating group) is 1. The van der Waals surface area contributed by atoms with Gasteiger partial charge < -0.3 is 43.6 Å². The molecule has 294 valence electrons. The standard InChI is InChI=1S/C42H56N2O10/c1-8-21-51-42-37(44(5)40(48)50-7)25-34(43-54-41(2,3)4)32-23-27(13-9-11-19-45)31(14-10-12-20-46)38(39(32)42)33-24-30(16-18-36(33)53-42)52-29-15-17-35(49-6)28(22-29)26-47/h8,15-18,22-24,26-27,31,37-39,45-46H,1,9-14,19-21,25H2,2-7H3/t27-,31+,37-,38+,39+,42+/m0/s1. The molecule has 54 heavy (non-hydrogen) atoms. The van der Waals surface area contributed by atoms with Crippen molar-refractivity contribution in [2.45, 2.75) is 89.1 Å². The SMILES string of the molecule is C=CCO[C@@]12Oc3ccc(Oc4ccc(OC)c(C=O)c4)cc3[C@H]3[C@H](CCCCO)[C@@H](CCCCO)C=C(C(=NOC(C)(C)C)C[C@@H]1N(C)C(=O)OC)[C@H]32. The summed E-state index contributed by atoms with van der Waals surface area (Å²) >= 11 is 0. The first-order chi connectivity index (χ1) is 25.9. The van der Waals surface area contributed by atoms with Gasteiger partial charge in [0.1, 0.15) is 34.6 Å². The summed E-state index contributed by atoms with van der Waals surface area (Å²) in [6, 6.07) is 10.1. The Labute approximate surface area is 318 Å². The summed E-state index contributed by atoms with van der Waals surface area (Å²) in [5, 5.41) is 24.4. The number of carbonyl (C=O) groups excluding carboxylic acids is 2. The van der Waals surface area contributed by atoms with E-state index in [-0.39, 0.29) is 44.0 Å². The monoisotopic (exact) mass is 748 g/mol. The van der Waals surface area contributed by atoms with E-state index >= 15 is 0 Å². The van der Waals surface area contributed by atoms with Crippen molar-refractivity contribution in [3.05, 3.63) is 71.8 Å². The molecule has 2 aliphatic carbocycles. The molecule has 1 amide bonds. The number of amides is 1. The molecule has 0 aromatic heterocycles. The third-order valence-corrected chi connectivity index (χ3v) is 10.6. The smallest absolute Gasteiger partial charge is 0.409 e. The maximum Gasteiger partial charge on any atom is 0.409 e. The molecule has 3 aliphatic rings. The number of oxime groups is 1. The zero-order chi connectivity index (χ0) is 39.0. The quantitative estimate of drug-likeness (QED) is 0.0725. The molecule has 0 bridgehead atoms. The Bertz CT molecular complexity index is 1700. The van der Waals surface area contributed by atoms with Crippen molar-refractivity contribution in [2.24, 2.45) is 22.9 Å². The summed E-state index contributed by atoms with van der Waals surface area (Å²) in [6.45, 7) is 10.1.